The lowest BCUT2D eigenvalue weighted by Crippen LogP contribution is -2.10. The van der Waals surface area contributed by atoms with Crippen molar-refractivity contribution in [3.05, 3.63) is 34.6 Å². The third kappa shape index (κ3) is 3.27. The van der Waals surface area contributed by atoms with E-state index in [9.17, 15) is 9.18 Å². The largest absolute Gasteiger partial charge is 0.466 e. The molecule has 0 heterocycles. The van der Waals surface area contributed by atoms with Crippen molar-refractivity contribution in [1.29, 1.82) is 5.26 Å². The van der Waals surface area contributed by atoms with Gasteiger partial charge in [0.05, 0.1) is 24.7 Å². The highest BCUT2D eigenvalue weighted by atomic mass is 79.9. The first-order valence-corrected chi connectivity index (χ1v) is 6.18. The van der Waals surface area contributed by atoms with Crippen LogP contribution in [0.15, 0.2) is 12.1 Å². The number of ether oxygens (including phenoxy) is 1. The third-order valence-corrected chi connectivity index (χ3v) is 2.79. The van der Waals surface area contributed by atoms with Gasteiger partial charge in [-0.25, -0.2) is 4.39 Å². The molecule has 5 heteroatoms. The number of halogens is 2. The van der Waals surface area contributed by atoms with E-state index in [-0.39, 0.29) is 29.5 Å². The minimum atomic E-state index is -0.453. The van der Waals surface area contributed by atoms with Crippen LogP contribution in [0.3, 0.4) is 0 Å². The van der Waals surface area contributed by atoms with E-state index in [0.29, 0.717) is 5.56 Å². The van der Waals surface area contributed by atoms with Crippen molar-refractivity contribution >= 4 is 21.9 Å². The first-order chi connectivity index (χ1) is 8.13. The lowest BCUT2D eigenvalue weighted by Gasteiger charge is -2.08. The Morgan fingerprint density at radius 1 is 1.59 bits per heavy atom. The molecular formula is C12H11BrFNO2. The number of alkyl halides is 1. The SMILES string of the molecule is CCOC(=O)Cc1ccc(F)c(CBr)c1C#N. The second kappa shape index (κ2) is 6.36. The van der Waals surface area contributed by atoms with E-state index in [1.807, 2.05) is 6.07 Å². The van der Waals surface area contributed by atoms with Crippen LogP contribution in [0.5, 0.6) is 0 Å². The second-order valence-electron chi connectivity index (χ2n) is 3.29. The van der Waals surface area contributed by atoms with Crippen LogP contribution >= 0.6 is 15.9 Å². The van der Waals surface area contributed by atoms with E-state index in [1.54, 1.807) is 6.92 Å². The van der Waals surface area contributed by atoms with Gasteiger partial charge in [0.1, 0.15) is 5.82 Å². The van der Waals surface area contributed by atoms with Gasteiger partial charge in [-0.05, 0) is 18.6 Å². The van der Waals surface area contributed by atoms with Crippen LogP contribution in [0, 0.1) is 17.1 Å². The molecule has 90 valence electrons. The molecule has 1 aromatic carbocycles. The summed E-state index contributed by atoms with van der Waals surface area (Å²) in [5, 5.41) is 9.24. The van der Waals surface area contributed by atoms with E-state index < -0.39 is 11.8 Å². The van der Waals surface area contributed by atoms with Crippen LogP contribution < -0.4 is 0 Å². The fraction of sp³-hybridized carbons (Fsp3) is 0.333. The average molecular weight is 300 g/mol. The molecule has 0 aliphatic rings. The molecule has 1 aromatic rings. The average Bonchev–Trinajstić information content (AvgIpc) is 2.31. The predicted octanol–water partition coefficient (Wildman–Crippen LogP) is 2.70. The van der Waals surface area contributed by atoms with Gasteiger partial charge in [0.2, 0.25) is 0 Å². The number of carbonyl (C=O) groups excluding carboxylic acids is 1. The van der Waals surface area contributed by atoms with Crippen LogP contribution in [-0.2, 0) is 21.3 Å². The molecule has 0 radical (unpaired) electrons. The zero-order valence-corrected chi connectivity index (χ0v) is 10.9. The van der Waals surface area contributed by atoms with E-state index in [4.69, 9.17) is 10.00 Å². The van der Waals surface area contributed by atoms with Gasteiger partial charge >= 0.3 is 5.97 Å². The van der Waals surface area contributed by atoms with Gasteiger partial charge in [-0.2, -0.15) is 5.26 Å². The van der Waals surface area contributed by atoms with Crippen molar-refractivity contribution in [2.75, 3.05) is 6.61 Å². The van der Waals surface area contributed by atoms with Gasteiger partial charge in [-0.15, -0.1) is 0 Å². The molecule has 3 nitrogen and oxygen atoms in total. The minimum absolute atomic E-state index is 0.0169. The molecule has 0 saturated carbocycles. The summed E-state index contributed by atoms with van der Waals surface area (Å²) in [4.78, 5) is 11.3. The zero-order chi connectivity index (χ0) is 12.8. The standard InChI is InChI=1S/C12H11BrFNO2/c1-2-17-12(16)5-8-3-4-11(14)9(6-13)10(8)7-15/h3-4H,2,5-6H2,1H3. The Labute approximate surface area is 107 Å². The maximum Gasteiger partial charge on any atom is 0.310 e. The van der Waals surface area contributed by atoms with E-state index in [1.165, 1.54) is 12.1 Å². The summed E-state index contributed by atoms with van der Waals surface area (Å²) in [6.45, 7) is 1.99. The molecule has 0 spiro atoms. The second-order valence-corrected chi connectivity index (χ2v) is 3.85. The van der Waals surface area contributed by atoms with E-state index >= 15 is 0 Å². The number of hydrogen-bond acceptors (Lipinski definition) is 3. The normalized spacial score (nSPS) is 9.76. The smallest absolute Gasteiger partial charge is 0.310 e. The third-order valence-electron chi connectivity index (χ3n) is 2.23. The Kier molecular flexibility index (Phi) is 5.11. The molecule has 1 rings (SSSR count). The molecule has 0 unspecified atom stereocenters. The summed E-state index contributed by atoms with van der Waals surface area (Å²) in [6.07, 6.45) is -0.0169. The Balaban J connectivity index is 3.09. The Hall–Kier alpha value is -1.41. The summed E-state index contributed by atoms with van der Waals surface area (Å²) < 4.78 is 18.2. The van der Waals surface area contributed by atoms with Gasteiger partial charge in [0.15, 0.2) is 0 Å². The fourth-order valence-electron chi connectivity index (χ4n) is 1.46. The number of nitriles is 1. The monoisotopic (exact) mass is 299 g/mol. The maximum atomic E-state index is 13.4. The van der Waals surface area contributed by atoms with Gasteiger partial charge in [-0.1, -0.05) is 22.0 Å². The van der Waals surface area contributed by atoms with Gasteiger partial charge < -0.3 is 4.74 Å². The quantitative estimate of drug-likeness (QED) is 0.634. The van der Waals surface area contributed by atoms with Crippen LogP contribution in [0.1, 0.15) is 23.6 Å². The predicted molar refractivity (Wildman–Crippen MR) is 64.1 cm³/mol. The Morgan fingerprint density at radius 2 is 2.29 bits per heavy atom. The highest BCUT2D eigenvalue weighted by molar-refractivity contribution is 9.08. The van der Waals surface area contributed by atoms with Crippen molar-refractivity contribution in [2.24, 2.45) is 0 Å². The van der Waals surface area contributed by atoms with Crippen LogP contribution in [-0.4, -0.2) is 12.6 Å². The van der Waals surface area contributed by atoms with E-state index in [2.05, 4.69) is 15.9 Å². The molecule has 0 aliphatic carbocycles. The number of nitrogens with zero attached hydrogens (tertiary/aromatic N) is 1. The maximum absolute atomic E-state index is 13.4. The summed E-state index contributed by atoms with van der Waals surface area (Å²) in [5.41, 5.74) is 0.964. The summed E-state index contributed by atoms with van der Waals surface area (Å²) in [5.74, 6) is -0.873. The first-order valence-electron chi connectivity index (χ1n) is 5.06. The molecule has 0 saturated heterocycles. The van der Waals surface area contributed by atoms with Crippen molar-refractivity contribution in [2.45, 2.75) is 18.7 Å². The van der Waals surface area contributed by atoms with Crippen molar-refractivity contribution in [3.63, 3.8) is 0 Å². The van der Waals surface area contributed by atoms with Gasteiger partial charge in [-0.3, -0.25) is 4.79 Å². The molecule has 0 atom stereocenters. The first kappa shape index (κ1) is 13.7. The van der Waals surface area contributed by atoms with Crippen molar-refractivity contribution < 1.29 is 13.9 Å². The van der Waals surface area contributed by atoms with Crippen LogP contribution in [0.25, 0.3) is 0 Å². The molecule has 0 bridgehead atoms. The molecule has 0 fully saturated rings. The Morgan fingerprint density at radius 3 is 2.82 bits per heavy atom. The van der Waals surface area contributed by atoms with E-state index in [0.717, 1.165) is 0 Å². The van der Waals surface area contributed by atoms with Crippen LogP contribution in [0.2, 0.25) is 0 Å². The summed E-state index contributed by atoms with van der Waals surface area (Å²) >= 11 is 3.12. The topological polar surface area (TPSA) is 50.1 Å². The highest BCUT2D eigenvalue weighted by Crippen LogP contribution is 2.21. The van der Waals surface area contributed by atoms with Gasteiger partial charge in [0, 0.05) is 10.9 Å². The number of hydrogen-bond donors (Lipinski definition) is 0. The molecule has 17 heavy (non-hydrogen) atoms. The van der Waals surface area contributed by atoms with Crippen molar-refractivity contribution in [3.8, 4) is 6.07 Å². The number of carbonyl (C=O) groups is 1. The number of rotatable bonds is 4. The van der Waals surface area contributed by atoms with Crippen LogP contribution in [0.4, 0.5) is 4.39 Å². The molecular weight excluding hydrogens is 289 g/mol. The summed E-state index contributed by atoms with van der Waals surface area (Å²) in [7, 11) is 0. The van der Waals surface area contributed by atoms with Crippen molar-refractivity contribution in [1.82, 2.24) is 0 Å². The molecule has 0 aliphatic heterocycles. The highest BCUT2D eigenvalue weighted by Gasteiger charge is 2.15. The molecule has 0 aromatic heterocycles. The zero-order valence-electron chi connectivity index (χ0n) is 9.30. The number of benzene rings is 1. The lowest BCUT2D eigenvalue weighted by molar-refractivity contribution is -0.142. The molecule has 0 amide bonds. The minimum Gasteiger partial charge on any atom is -0.466 e. The lowest BCUT2D eigenvalue weighted by atomic mass is 10.00. The van der Waals surface area contributed by atoms with Gasteiger partial charge in [0.25, 0.3) is 0 Å². The summed E-state index contributed by atoms with van der Waals surface area (Å²) in [6, 6.07) is 4.62. The molecule has 0 N–H and O–H groups in total. The number of esters is 1. The Bertz CT molecular complexity index is 468. The fourth-order valence-corrected chi connectivity index (χ4v) is 2.00.